The summed E-state index contributed by atoms with van der Waals surface area (Å²) >= 11 is 0. The Morgan fingerprint density at radius 2 is 2.10 bits per heavy atom. The zero-order valence-corrected chi connectivity index (χ0v) is 11.7. The van der Waals surface area contributed by atoms with Gasteiger partial charge in [-0.2, -0.15) is 0 Å². The Balaban J connectivity index is 1.69. The van der Waals surface area contributed by atoms with Crippen LogP contribution in [0.2, 0.25) is 0 Å². The van der Waals surface area contributed by atoms with Gasteiger partial charge in [-0.3, -0.25) is 4.57 Å². The molecule has 0 fully saturated rings. The summed E-state index contributed by atoms with van der Waals surface area (Å²) in [5, 5.41) is 12.7. The van der Waals surface area contributed by atoms with Crippen LogP contribution < -0.4 is 5.32 Å². The summed E-state index contributed by atoms with van der Waals surface area (Å²) in [5.41, 5.74) is 1.95. The number of pyridine rings is 1. The fourth-order valence-corrected chi connectivity index (χ4v) is 2.12. The summed E-state index contributed by atoms with van der Waals surface area (Å²) < 4.78 is 1.93. The van der Waals surface area contributed by atoms with Crippen molar-refractivity contribution in [1.29, 1.82) is 0 Å². The molecule has 21 heavy (non-hydrogen) atoms. The number of anilines is 1. The van der Waals surface area contributed by atoms with Crippen LogP contribution in [0.3, 0.4) is 0 Å². The summed E-state index contributed by atoms with van der Waals surface area (Å²) in [6, 6.07) is 11.1. The molecule has 0 radical (unpaired) electrons. The van der Waals surface area contributed by atoms with E-state index in [1.165, 1.54) is 0 Å². The Labute approximate surface area is 122 Å². The zero-order valence-electron chi connectivity index (χ0n) is 11.7. The summed E-state index contributed by atoms with van der Waals surface area (Å²) in [4.78, 5) is 8.61. The van der Waals surface area contributed by atoms with E-state index >= 15 is 0 Å². The summed E-state index contributed by atoms with van der Waals surface area (Å²) in [6.07, 6.45) is 5.43. The van der Waals surface area contributed by atoms with Gasteiger partial charge < -0.3 is 10.4 Å². The van der Waals surface area contributed by atoms with Gasteiger partial charge in [0.1, 0.15) is 17.4 Å². The number of aromatic nitrogens is 3. The van der Waals surface area contributed by atoms with Crippen LogP contribution in [0.25, 0.3) is 5.82 Å². The molecule has 3 aromatic rings. The smallest absolute Gasteiger partial charge is 0.138 e. The van der Waals surface area contributed by atoms with E-state index in [-0.39, 0.29) is 5.75 Å². The highest BCUT2D eigenvalue weighted by atomic mass is 16.3. The van der Waals surface area contributed by atoms with Crippen LogP contribution in [0.1, 0.15) is 11.4 Å². The molecule has 2 aromatic heterocycles. The zero-order chi connectivity index (χ0) is 14.7. The molecule has 0 unspecified atom stereocenters. The Kier molecular flexibility index (Phi) is 3.55. The molecule has 0 aliphatic rings. The Morgan fingerprint density at radius 3 is 2.76 bits per heavy atom. The first-order valence-electron chi connectivity index (χ1n) is 6.70. The molecule has 0 aliphatic carbocycles. The van der Waals surface area contributed by atoms with Crippen molar-refractivity contribution in [1.82, 2.24) is 14.5 Å². The molecular formula is C16H16N4O. The molecular weight excluding hydrogens is 264 g/mol. The number of hydrogen-bond donors (Lipinski definition) is 2. The molecule has 5 heteroatoms. The predicted octanol–water partition coefficient (Wildman–Crippen LogP) is 2.89. The molecule has 0 aliphatic heterocycles. The highest BCUT2D eigenvalue weighted by Gasteiger charge is 2.02. The minimum absolute atomic E-state index is 0.276. The molecule has 0 spiro atoms. The average Bonchev–Trinajstić information content (AvgIpc) is 2.92. The van der Waals surface area contributed by atoms with Gasteiger partial charge in [0.15, 0.2) is 0 Å². The number of aryl methyl sites for hydroxylation is 1. The Hall–Kier alpha value is -2.82. The standard InChI is InChI=1S/C16H16N4O/c1-12-17-7-8-20(12)16-6-5-14(11-19-16)18-10-13-3-2-4-15(21)9-13/h2-9,11,18,21H,10H2,1H3. The second kappa shape index (κ2) is 5.66. The number of phenolic OH excluding ortho intramolecular Hbond substituents is 1. The Bertz CT molecular complexity index is 734. The third-order valence-corrected chi connectivity index (χ3v) is 3.23. The Morgan fingerprint density at radius 1 is 1.19 bits per heavy atom. The quantitative estimate of drug-likeness (QED) is 0.771. The summed E-state index contributed by atoms with van der Waals surface area (Å²) in [6.45, 7) is 2.58. The largest absolute Gasteiger partial charge is 0.508 e. The molecule has 0 saturated carbocycles. The lowest BCUT2D eigenvalue weighted by atomic mass is 10.2. The first kappa shape index (κ1) is 13.2. The van der Waals surface area contributed by atoms with E-state index in [0.717, 1.165) is 22.9 Å². The molecule has 0 atom stereocenters. The number of nitrogens with one attached hydrogen (secondary N) is 1. The van der Waals surface area contributed by atoms with Crippen LogP contribution >= 0.6 is 0 Å². The molecule has 3 rings (SSSR count). The number of phenols is 1. The van der Waals surface area contributed by atoms with E-state index in [9.17, 15) is 5.11 Å². The van der Waals surface area contributed by atoms with Crippen LogP contribution in [0, 0.1) is 6.92 Å². The topological polar surface area (TPSA) is 63.0 Å². The van der Waals surface area contributed by atoms with Crippen molar-refractivity contribution in [2.75, 3.05) is 5.32 Å². The van der Waals surface area contributed by atoms with Gasteiger partial charge in [0.05, 0.1) is 11.9 Å². The highest BCUT2D eigenvalue weighted by molar-refractivity contribution is 5.44. The lowest BCUT2D eigenvalue weighted by molar-refractivity contribution is 0.474. The van der Waals surface area contributed by atoms with Crippen molar-refractivity contribution in [2.45, 2.75) is 13.5 Å². The lowest BCUT2D eigenvalue weighted by Gasteiger charge is -2.08. The minimum Gasteiger partial charge on any atom is -0.508 e. The lowest BCUT2D eigenvalue weighted by Crippen LogP contribution is -2.02. The van der Waals surface area contributed by atoms with Crippen LogP contribution in [0.5, 0.6) is 5.75 Å². The molecule has 5 nitrogen and oxygen atoms in total. The second-order valence-electron chi connectivity index (χ2n) is 4.77. The van der Waals surface area contributed by atoms with Gasteiger partial charge in [0, 0.05) is 18.9 Å². The van der Waals surface area contributed by atoms with Crippen LogP contribution in [0.15, 0.2) is 55.0 Å². The fraction of sp³-hybridized carbons (Fsp3) is 0.125. The number of benzene rings is 1. The van der Waals surface area contributed by atoms with Gasteiger partial charge in [-0.1, -0.05) is 12.1 Å². The number of aromatic hydroxyl groups is 1. The molecule has 2 N–H and O–H groups in total. The first-order chi connectivity index (χ1) is 10.2. The SMILES string of the molecule is Cc1nccn1-c1ccc(NCc2cccc(O)c2)cn1. The van der Waals surface area contributed by atoms with Gasteiger partial charge in [0.25, 0.3) is 0 Å². The maximum absolute atomic E-state index is 9.43. The van der Waals surface area contributed by atoms with Crippen molar-refractivity contribution in [3.63, 3.8) is 0 Å². The average molecular weight is 280 g/mol. The molecule has 1 aromatic carbocycles. The monoisotopic (exact) mass is 280 g/mol. The van der Waals surface area contributed by atoms with Crippen molar-refractivity contribution in [3.05, 3.63) is 66.4 Å². The number of imidazole rings is 1. The molecule has 0 saturated heterocycles. The highest BCUT2D eigenvalue weighted by Crippen LogP contribution is 2.14. The number of nitrogens with zero attached hydrogens (tertiary/aromatic N) is 3. The van der Waals surface area contributed by atoms with E-state index in [2.05, 4.69) is 15.3 Å². The minimum atomic E-state index is 0.276. The van der Waals surface area contributed by atoms with E-state index in [1.807, 2.05) is 42.0 Å². The molecule has 0 amide bonds. The van der Waals surface area contributed by atoms with Crippen molar-refractivity contribution in [3.8, 4) is 11.6 Å². The van der Waals surface area contributed by atoms with Crippen LogP contribution in [-0.4, -0.2) is 19.6 Å². The normalized spacial score (nSPS) is 10.5. The van der Waals surface area contributed by atoms with E-state index in [4.69, 9.17) is 0 Å². The maximum Gasteiger partial charge on any atom is 0.138 e. The van der Waals surface area contributed by atoms with E-state index in [1.54, 1.807) is 24.5 Å². The van der Waals surface area contributed by atoms with Crippen LogP contribution in [-0.2, 0) is 6.54 Å². The van der Waals surface area contributed by atoms with Gasteiger partial charge in [-0.25, -0.2) is 9.97 Å². The van der Waals surface area contributed by atoms with Crippen molar-refractivity contribution in [2.24, 2.45) is 0 Å². The van der Waals surface area contributed by atoms with Gasteiger partial charge >= 0.3 is 0 Å². The summed E-state index contributed by atoms with van der Waals surface area (Å²) in [5.74, 6) is 2.02. The first-order valence-corrected chi connectivity index (χ1v) is 6.70. The maximum atomic E-state index is 9.43. The second-order valence-corrected chi connectivity index (χ2v) is 4.77. The van der Waals surface area contributed by atoms with Gasteiger partial charge in [0.2, 0.25) is 0 Å². The van der Waals surface area contributed by atoms with Crippen molar-refractivity contribution >= 4 is 5.69 Å². The van der Waals surface area contributed by atoms with Gasteiger partial charge in [-0.15, -0.1) is 0 Å². The van der Waals surface area contributed by atoms with Crippen molar-refractivity contribution < 1.29 is 5.11 Å². The van der Waals surface area contributed by atoms with E-state index < -0.39 is 0 Å². The fourth-order valence-electron chi connectivity index (χ4n) is 2.12. The number of hydrogen-bond acceptors (Lipinski definition) is 4. The van der Waals surface area contributed by atoms with E-state index in [0.29, 0.717) is 6.54 Å². The number of rotatable bonds is 4. The summed E-state index contributed by atoms with van der Waals surface area (Å²) in [7, 11) is 0. The third-order valence-electron chi connectivity index (χ3n) is 3.23. The third kappa shape index (κ3) is 3.02. The van der Waals surface area contributed by atoms with Gasteiger partial charge in [-0.05, 0) is 36.8 Å². The van der Waals surface area contributed by atoms with Crippen LogP contribution in [0.4, 0.5) is 5.69 Å². The molecule has 2 heterocycles. The molecule has 0 bridgehead atoms. The molecule has 106 valence electrons. The predicted molar refractivity (Wildman–Crippen MR) is 81.5 cm³/mol.